The van der Waals surface area contributed by atoms with E-state index >= 15 is 0 Å². The van der Waals surface area contributed by atoms with Crippen molar-refractivity contribution >= 4 is 12.0 Å². The number of carbonyl (C=O) groups excluding carboxylic acids is 1. The smallest absolute Gasteiger partial charge is 0.247 e. The van der Waals surface area contributed by atoms with Crippen molar-refractivity contribution in [1.29, 1.82) is 5.26 Å². The van der Waals surface area contributed by atoms with Crippen LogP contribution >= 0.6 is 0 Å². The Balaban J connectivity index is 1.21. The van der Waals surface area contributed by atoms with Crippen molar-refractivity contribution in [2.24, 2.45) is 5.92 Å². The predicted octanol–water partition coefficient (Wildman–Crippen LogP) is 3.96. The highest BCUT2D eigenvalue weighted by molar-refractivity contribution is 5.98. The number of nitriles is 1. The van der Waals surface area contributed by atoms with Gasteiger partial charge in [-0.15, -0.1) is 0 Å². The Labute approximate surface area is 179 Å². The molecular formula is C26H29N3O. The highest BCUT2D eigenvalue weighted by Gasteiger charge is 2.20. The zero-order valence-electron chi connectivity index (χ0n) is 17.4. The molecule has 154 valence electrons. The fourth-order valence-electron chi connectivity index (χ4n) is 4.54. The van der Waals surface area contributed by atoms with E-state index in [0.717, 1.165) is 49.5 Å². The molecule has 2 aromatic rings. The first-order chi connectivity index (χ1) is 14.7. The topological polar surface area (TPSA) is 56.1 Å². The Morgan fingerprint density at radius 2 is 1.90 bits per heavy atom. The maximum atomic E-state index is 12.6. The largest absolute Gasteiger partial charge is 0.351 e. The Morgan fingerprint density at radius 1 is 1.10 bits per heavy atom. The highest BCUT2D eigenvalue weighted by atomic mass is 16.1. The van der Waals surface area contributed by atoms with Crippen molar-refractivity contribution in [3.8, 4) is 6.07 Å². The van der Waals surface area contributed by atoms with Crippen molar-refractivity contribution in [3.63, 3.8) is 0 Å². The number of piperidine rings is 1. The Morgan fingerprint density at radius 3 is 2.67 bits per heavy atom. The molecule has 2 aromatic carbocycles. The number of nitrogens with one attached hydrogen (secondary N) is 1. The van der Waals surface area contributed by atoms with Crippen LogP contribution in [0.3, 0.4) is 0 Å². The van der Waals surface area contributed by atoms with Crippen LogP contribution in [0.15, 0.2) is 54.1 Å². The van der Waals surface area contributed by atoms with E-state index in [1.165, 1.54) is 30.4 Å². The first-order valence-electron chi connectivity index (χ1n) is 11.0. The van der Waals surface area contributed by atoms with E-state index in [0.29, 0.717) is 12.1 Å². The van der Waals surface area contributed by atoms with E-state index < -0.39 is 0 Å². The average Bonchev–Trinajstić information content (AvgIpc) is 2.80. The van der Waals surface area contributed by atoms with Gasteiger partial charge in [-0.2, -0.15) is 5.26 Å². The van der Waals surface area contributed by atoms with Gasteiger partial charge >= 0.3 is 0 Å². The summed E-state index contributed by atoms with van der Waals surface area (Å²) in [6, 6.07) is 18.7. The molecule has 4 heteroatoms. The molecule has 1 fully saturated rings. The number of fused-ring (bicyclic) bond motifs is 1. The van der Waals surface area contributed by atoms with Gasteiger partial charge < -0.3 is 10.2 Å². The van der Waals surface area contributed by atoms with Gasteiger partial charge in [-0.05, 0) is 86.0 Å². The molecule has 1 N–H and O–H groups in total. The van der Waals surface area contributed by atoms with Gasteiger partial charge in [0, 0.05) is 18.7 Å². The number of hydrogen-bond donors (Lipinski definition) is 1. The van der Waals surface area contributed by atoms with Crippen LogP contribution in [-0.2, 0) is 17.6 Å². The molecule has 1 heterocycles. The molecule has 1 saturated heterocycles. The van der Waals surface area contributed by atoms with Crippen LogP contribution in [0.1, 0.15) is 41.5 Å². The van der Waals surface area contributed by atoms with Crippen molar-refractivity contribution < 1.29 is 4.79 Å². The Bertz CT molecular complexity index is 950. The molecule has 0 atom stereocenters. The van der Waals surface area contributed by atoms with Gasteiger partial charge in [-0.3, -0.25) is 4.79 Å². The maximum absolute atomic E-state index is 12.6. The molecular weight excluding hydrogens is 370 g/mol. The van der Waals surface area contributed by atoms with Crippen LogP contribution in [0.5, 0.6) is 0 Å². The SMILES string of the molecule is N#Cc1ccc2c(c1)C=C(C(=O)NCCN1CCC(Cc3ccccc3)CC1)CC2. The average molecular weight is 400 g/mol. The number of benzene rings is 2. The molecule has 1 aliphatic heterocycles. The van der Waals surface area contributed by atoms with Crippen molar-refractivity contribution in [2.45, 2.75) is 32.1 Å². The number of rotatable bonds is 6. The highest BCUT2D eigenvalue weighted by Crippen LogP contribution is 2.25. The third kappa shape index (κ3) is 5.17. The van der Waals surface area contributed by atoms with Crippen LogP contribution in [0, 0.1) is 17.2 Å². The number of carbonyl (C=O) groups is 1. The van der Waals surface area contributed by atoms with Crippen LogP contribution in [0.25, 0.3) is 6.08 Å². The number of hydrogen-bond acceptors (Lipinski definition) is 3. The van der Waals surface area contributed by atoms with E-state index in [-0.39, 0.29) is 5.91 Å². The van der Waals surface area contributed by atoms with Gasteiger partial charge in [0.2, 0.25) is 5.91 Å². The Hall–Kier alpha value is -2.90. The second-order valence-corrected chi connectivity index (χ2v) is 8.43. The molecule has 30 heavy (non-hydrogen) atoms. The minimum atomic E-state index is 0.0296. The van der Waals surface area contributed by atoms with E-state index in [1.54, 1.807) is 0 Å². The van der Waals surface area contributed by atoms with Crippen molar-refractivity contribution in [2.75, 3.05) is 26.2 Å². The van der Waals surface area contributed by atoms with Gasteiger partial charge in [-0.1, -0.05) is 36.4 Å². The van der Waals surface area contributed by atoms with Crippen molar-refractivity contribution in [3.05, 3.63) is 76.4 Å². The van der Waals surface area contributed by atoms with Gasteiger partial charge in [0.1, 0.15) is 0 Å². The molecule has 0 aromatic heterocycles. The van der Waals surface area contributed by atoms with Gasteiger partial charge in [-0.25, -0.2) is 0 Å². The normalized spacial score (nSPS) is 17.0. The molecule has 1 aliphatic carbocycles. The summed E-state index contributed by atoms with van der Waals surface area (Å²) >= 11 is 0. The monoisotopic (exact) mass is 399 g/mol. The zero-order chi connectivity index (χ0) is 20.8. The molecule has 4 nitrogen and oxygen atoms in total. The summed E-state index contributed by atoms with van der Waals surface area (Å²) in [4.78, 5) is 15.1. The van der Waals surface area contributed by atoms with Crippen LogP contribution in [0.4, 0.5) is 0 Å². The van der Waals surface area contributed by atoms with Gasteiger partial charge in [0.05, 0.1) is 11.6 Å². The number of amides is 1. The van der Waals surface area contributed by atoms with Crippen LogP contribution in [-0.4, -0.2) is 37.0 Å². The third-order valence-electron chi connectivity index (χ3n) is 6.35. The number of likely N-dealkylation sites (tertiary alicyclic amines) is 1. The summed E-state index contributed by atoms with van der Waals surface area (Å²) in [6.45, 7) is 3.82. The molecule has 0 bridgehead atoms. The van der Waals surface area contributed by atoms with E-state index in [2.05, 4.69) is 46.6 Å². The standard InChI is InChI=1S/C26H29N3O/c27-19-22-6-7-23-8-9-24(18-25(23)17-22)26(30)28-12-15-29-13-10-21(11-14-29)16-20-4-2-1-3-5-20/h1-7,17-18,21H,8-16H2,(H,28,30). The summed E-state index contributed by atoms with van der Waals surface area (Å²) < 4.78 is 0. The molecule has 0 unspecified atom stereocenters. The second kappa shape index (κ2) is 9.73. The molecule has 4 rings (SSSR count). The van der Waals surface area contributed by atoms with Gasteiger partial charge in [0.25, 0.3) is 0 Å². The van der Waals surface area contributed by atoms with Crippen LogP contribution in [0.2, 0.25) is 0 Å². The molecule has 1 amide bonds. The lowest BCUT2D eigenvalue weighted by Gasteiger charge is -2.32. The first-order valence-corrected chi connectivity index (χ1v) is 11.0. The number of aryl methyl sites for hydroxylation is 1. The quantitative estimate of drug-likeness (QED) is 0.800. The van der Waals surface area contributed by atoms with Crippen LogP contribution < -0.4 is 5.32 Å². The van der Waals surface area contributed by atoms with E-state index in [1.807, 2.05) is 24.3 Å². The lowest BCUT2D eigenvalue weighted by atomic mass is 9.90. The summed E-state index contributed by atoms with van der Waals surface area (Å²) in [6.07, 6.45) is 7.20. The fourth-order valence-corrected chi connectivity index (χ4v) is 4.54. The summed E-state index contributed by atoms with van der Waals surface area (Å²) in [5.41, 5.74) is 5.11. The molecule has 0 spiro atoms. The summed E-state index contributed by atoms with van der Waals surface area (Å²) in [7, 11) is 0. The Kier molecular flexibility index (Phi) is 6.61. The van der Waals surface area contributed by atoms with Crippen molar-refractivity contribution in [1.82, 2.24) is 10.2 Å². The molecule has 0 radical (unpaired) electrons. The summed E-state index contributed by atoms with van der Waals surface area (Å²) in [5.74, 6) is 0.797. The minimum Gasteiger partial charge on any atom is -0.351 e. The zero-order valence-corrected chi connectivity index (χ0v) is 17.4. The minimum absolute atomic E-state index is 0.0296. The van der Waals surface area contributed by atoms with E-state index in [4.69, 9.17) is 5.26 Å². The lowest BCUT2D eigenvalue weighted by molar-refractivity contribution is -0.117. The molecule has 0 saturated carbocycles. The third-order valence-corrected chi connectivity index (χ3v) is 6.35. The predicted molar refractivity (Wildman–Crippen MR) is 120 cm³/mol. The van der Waals surface area contributed by atoms with E-state index in [9.17, 15) is 4.79 Å². The maximum Gasteiger partial charge on any atom is 0.247 e. The first kappa shape index (κ1) is 20.4. The van der Waals surface area contributed by atoms with Gasteiger partial charge in [0.15, 0.2) is 0 Å². The fraction of sp³-hybridized carbons (Fsp3) is 0.385. The number of nitrogens with zero attached hydrogens (tertiary/aromatic N) is 2. The second-order valence-electron chi connectivity index (χ2n) is 8.43. The summed E-state index contributed by atoms with van der Waals surface area (Å²) in [5, 5.41) is 12.2. The lowest BCUT2D eigenvalue weighted by Crippen LogP contribution is -2.40. The molecule has 2 aliphatic rings.